The first kappa shape index (κ1) is 93.1. The third-order valence-electron chi connectivity index (χ3n) is 17.7. The molecule has 0 aromatic heterocycles. The molecule has 0 radical (unpaired) electrons. The number of aliphatic hydroxyl groups is 1. The summed E-state index contributed by atoms with van der Waals surface area (Å²) in [5.74, 6) is -0.517. The first-order valence-corrected chi connectivity index (χ1v) is 42.5. The minimum absolute atomic E-state index is 0.107. The van der Waals surface area contributed by atoms with Crippen LogP contribution in [-0.2, 0) is 65.4 Å². The highest BCUT2D eigenvalue weighted by molar-refractivity contribution is 7.47. The SMILES string of the molecule is CCCCCCCCCCCCCCC(=O)O[C@H](COC(=O)CCCCCCCCC)COP(=O)(O)OC[C@H](O)COP(=O)(O)OC[C@@H](COC(=O)CCCCCCCCCCCCCCC(C)C)OC(=O)CCCCCCCCCCCCCCCCCCCCC(C)C. The van der Waals surface area contributed by atoms with Crippen molar-refractivity contribution in [3.05, 3.63) is 0 Å². The molecule has 17 nitrogen and oxygen atoms in total. The van der Waals surface area contributed by atoms with Crippen LogP contribution in [0.1, 0.15) is 395 Å². The Morgan fingerprint density at radius 1 is 0.284 bits per heavy atom. The smallest absolute Gasteiger partial charge is 0.462 e. The molecule has 0 aliphatic heterocycles. The standard InChI is InChI=1S/C76H148O17P2/c1-7-9-11-13-15-16-17-30-36-42-48-54-60-75(80)92-71(64-86-73(78)58-52-46-38-14-12-10-8-2)66-90-94(82,83)88-62-70(77)63-89-95(84,85)91-67-72(65-87-74(79)59-53-47-41-35-31-27-26-29-34-40-45-51-57-69(5)6)93-76(81)61-55-49-43-37-32-25-23-21-19-18-20-22-24-28-33-39-44-50-56-68(3)4/h68-72,77H,7-67H2,1-6H3,(H,82,83)(H,84,85)/t70-,71+,72+/m0/s1. The Kier molecular flexibility index (Phi) is 66.5. The molecule has 0 aromatic carbocycles. The van der Waals surface area contributed by atoms with E-state index in [0.29, 0.717) is 25.7 Å². The summed E-state index contributed by atoms with van der Waals surface area (Å²) in [7, 11) is -9.90. The van der Waals surface area contributed by atoms with Crippen molar-refractivity contribution in [3.8, 4) is 0 Å². The van der Waals surface area contributed by atoms with E-state index in [1.54, 1.807) is 0 Å². The van der Waals surface area contributed by atoms with Crippen LogP contribution < -0.4 is 0 Å². The summed E-state index contributed by atoms with van der Waals surface area (Å²) >= 11 is 0. The van der Waals surface area contributed by atoms with E-state index in [0.717, 1.165) is 115 Å². The van der Waals surface area contributed by atoms with Gasteiger partial charge in [-0.25, -0.2) is 9.13 Å². The van der Waals surface area contributed by atoms with Gasteiger partial charge in [0.15, 0.2) is 12.2 Å². The van der Waals surface area contributed by atoms with Crippen molar-refractivity contribution >= 4 is 39.5 Å². The monoisotopic (exact) mass is 1400 g/mol. The van der Waals surface area contributed by atoms with Gasteiger partial charge in [-0.15, -0.1) is 0 Å². The Balaban J connectivity index is 5.17. The Labute approximate surface area is 581 Å². The topological polar surface area (TPSA) is 237 Å². The number of carbonyl (C=O) groups is 4. The van der Waals surface area contributed by atoms with Crippen LogP contribution in [0.3, 0.4) is 0 Å². The van der Waals surface area contributed by atoms with Crippen molar-refractivity contribution in [3.63, 3.8) is 0 Å². The largest absolute Gasteiger partial charge is 0.472 e. The molecule has 19 heteroatoms. The van der Waals surface area contributed by atoms with E-state index >= 15 is 0 Å². The predicted molar refractivity (Wildman–Crippen MR) is 386 cm³/mol. The molecule has 5 atom stereocenters. The molecule has 0 heterocycles. The molecule has 95 heavy (non-hydrogen) atoms. The Morgan fingerprint density at radius 3 is 0.716 bits per heavy atom. The van der Waals surface area contributed by atoms with Gasteiger partial charge in [-0.2, -0.15) is 0 Å². The van der Waals surface area contributed by atoms with Crippen LogP contribution in [0.15, 0.2) is 0 Å². The van der Waals surface area contributed by atoms with Crippen LogP contribution >= 0.6 is 15.6 Å². The van der Waals surface area contributed by atoms with Crippen LogP contribution in [0, 0.1) is 11.8 Å². The van der Waals surface area contributed by atoms with Gasteiger partial charge in [0.25, 0.3) is 0 Å². The average Bonchev–Trinajstić information content (AvgIpc) is 1.33. The summed E-state index contributed by atoms with van der Waals surface area (Å²) in [6.45, 7) is 9.60. The number of hydrogen-bond acceptors (Lipinski definition) is 15. The Morgan fingerprint density at radius 2 is 0.484 bits per heavy atom. The molecule has 0 bridgehead atoms. The Hall–Kier alpha value is -1.94. The third-order valence-corrected chi connectivity index (χ3v) is 19.6. The van der Waals surface area contributed by atoms with Crippen molar-refractivity contribution in [2.24, 2.45) is 11.8 Å². The molecule has 0 aliphatic carbocycles. The minimum Gasteiger partial charge on any atom is -0.462 e. The second-order valence-corrected chi connectivity index (χ2v) is 31.3. The van der Waals surface area contributed by atoms with Gasteiger partial charge in [-0.3, -0.25) is 37.3 Å². The summed E-state index contributed by atoms with van der Waals surface area (Å²) < 4.78 is 68.4. The quantitative estimate of drug-likeness (QED) is 0.0222. The molecule has 2 unspecified atom stereocenters. The molecular weight excluding hydrogens is 1250 g/mol. The zero-order chi connectivity index (χ0) is 70.0. The zero-order valence-corrected chi connectivity index (χ0v) is 63.8. The summed E-state index contributed by atoms with van der Waals surface area (Å²) in [6, 6.07) is 0. The van der Waals surface area contributed by atoms with Gasteiger partial charge in [0.05, 0.1) is 26.4 Å². The van der Waals surface area contributed by atoms with Crippen molar-refractivity contribution in [1.29, 1.82) is 0 Å². The van der Waals surface area contributed by atoms with Crippen molar-refractivity contribution in [1.82, 2.24) is 0 Å². The lowest BCUT2D eigenvalue weighted by Gasteiger charge is -2.21. The number of aliphatic hydroxyl groups excluding tert-OH is 1. The molecule has 0 aromatic rings. The van der Waals surface area contributed by atoms with E-state index < -0.39 is 97.5 Å². The molecule has 0 saturated heterocycles. The van der Waals surface area contributed by atoms with Crippen molar-refractivity contribution < 1.29 is 80.2 Å². The molecule has 0 aliphatic rings. The molecule has 0 fully saturated rings. The Bertz CT molecular complexity index is 1840. The summed E-state index contributed by atoms with van der Waals surface area (Å²) in [5, 5.41) is 10.6. The molecule has 0 rings (SSSR count). The summed E-state index contributed by atoms with van der Waals surface area (Å²) in [4.78, 5) is 72.6. The first-order chi connectivity index (χ1) is 45.9. The number of phosphoric ester groups is 2. The van der Waals surface area contributed by atoms with Gasteiger partial charge in [-0.05, 0) is 37.5 Å². The number of unbranched alkanes of at least 4 members (excludes halogenated alkanes) is 45. The molecule has 0 spiro atoms. The second kappa shape index (κ2) is 67.9. The fraction of sp³-hybridized carbons (Fsp3) is 0.947. The van der Waals surface area contributed by atoms with Gasteiger partial charge in [0.1, 0.15) is 19.3 Å². The van der Waals surface area contributed by atoms with Gasteiger partial charge < -0.3 is 33.8 Å². The van der Waals surface area contributed by atoms with Crippen molar-refractivity contribution in [2.75, 3.05) is 39.6 Å². The zero-order valence-electron chi connectivity index (χ0n) is 62.0. The molecule has 0 saturated carbocycles. The van der Waals surface area contributed by atoms with Gasteiger partial charge >= 0.3 is 39.5 Å². The summed E-state index contributed by atoms with van der Waals surface area (Å²) in [6.07, 6.45) is 55.6. The average molecular weight is 1400 g/mol. The van der Waals surface area contributed by atoms with Crippen LogP contribution in [0.2, 0.25) is 0 Å². The highest BCUT2D eigenvalue weighted by atomic mass is 31.2. The van der Waals surface area contributed by atoms with Gasteiger partial charge in [0, 0.05) is 25.7 Å². The molecule has 0 amide bonds. The first-order valence-electron chi connectivity index (χ1n) is 39.5. The third kappa shape index (κ3) is 70.3. The van der Waals surface area contributed by atoms with Gasteiger partial charge in [-0.1, -0.05) is 343 Å². The predicted octanol–water partition coefficient (Wildman–Crippen LogP) is 22.3. The molecular formula is C76H148O17P2. The number of esters is 4. The number of rotatable bonds is 75. The van der Waals surface area contributed by atoms with E-state index in [2.05, 4.69) is 41.5 Å². The fourth-order valence-corrected chi connectivity index (χ4v) is 13.2. The van der Waals surface area contributed by atoms with Crippen LogP contribution in [0.5, 0.6) is 0 Å². The normalized spacial score (nSPS) is 14.0. The maximum Gasteiger partial charge on any atom is 0.472 e. The number of carbonyl (C=O) groups excluding carboxylic acids is 4. The van der Waals surface area contributed by atoms with Crippen LogP contribution in [0.25, 0.3) is 0 Å². The lowest BCUT2D eigenvalue weighted by molar-refractivity contribution is -0.161. The van der Waals surface area contributed by atoms with Crippen molar-refractivity contribution in [2.45, 2.75) is 413 Å². The van der Waals surface area contributed by atoms with E-state index in [-0.39, 0.29) is 25.7 Å². The molecule has 564 valence electrons. The minimum atomic E-state index is -4.96. The molecule has 3 N–H and O–H groups in total. The van der Waals surface area contributed by atoms with E-state index in [1.165, 1.54) is 199 Å². The second-order valence-electron chi connectivity index (χ2n) is 28.3. The maximum absolute atomic E-state index is 13.1. The van der Waals surface area contributed by atoms with Crippen LogP contribution in [-0.4, -0.2) is 96.7 Å². The fourth-order valence-electron chi connectivity index (χ4n) is 11.7. The lowest BCUT2D eigenvalue weighted by atomic mass is 10.0. The van der Waals surface area contributed by atoms with E-state index in [4.69, 9.17) is 37.0 Å². The number of hydrogen-bond donors (Lipinski definition) is 3. The number of ether oxygens (including phenoxy) is 4. The van der Waals surface area contributed by atoms with E-state index in [9.17, 15) is 43.2 Å². The highest BCUT2D eigenvalue weighted by Gasteiger charge is 2.30. The van der Waals surface area contributed by atoms with Gasteiger partial charge in [0.2, 0.25) is 0 Å². The summed E-state index contributed by atoms with van der Waals surface area (Å²) in [5.41, 5.74) is 0. The highest BCUT2D eigenvalue weighted by Crippen LogP contribution is 2.45. The van der Waals surface area contributed by atoms with Crippen LogP contribution in [0.4, 0.5) is 0 Å². The maximum atomic E-state index is 13.1. The van der Waals surface area contributed by atoms with E-state index in [1.807, 2.05) is 0 Å². The number of phosphoric acid groups is 2. The lowest BCUT2D eigenvalue weighted by Crippen LogP contribution is -2.30.